The molecule has 0 bridgehead atoms. The zero-order chi connectivity index (χ0) is 14.0. The van der Waals surface area contributed by atoms with Crippen molar-refractivity contribution in [3.8, 4) is 6.07 Å². The SMILES string of the molecule is CCC1CCCC(C#N)(Cc2ccc3c(c2)CCC3)C1. The Hall–Kier alpha value is -1.29. The number of hydrogen-bond donors (Lipinski definition) is 0. The Kier molecular flexibility index (Phi) is 3.83. The molecule has 2 atom stereocenters. The molecule has 1 aromatic carbocycles. The van der Waals surface area contributed by atoms with E-state index in [1.54, 1.807) is 5.56 Å². The van der Waals surface area contributed by atoms with Crippen LogP contribution in [0, 0.1) is 22.7 Å². The fraction of sp³-hybridized carbons (Fsp3) is 0.632. The highest BCUT2D eigenvalue weighted by atomic mass is 14.4. The molecule has 0 N–H and O–H groups in total. The first-order valence-corrected chi connectivity index (χ1v) is 8.26. The first-order valence-electron chi connectivity index (χ1n) is 8.26. The number of hydrogen-bond acceptors (Lipinski definition) is 1. The monoisotopic (exact) mass is 267 g/mol. The number of benzene rings is 1. The number of nitrogens with zero attached hydrogens (tertiary/aromatic N) is 1. The van der Waals surface area contributed by atoms with Crippen LogP contribution in [0.25, 0.3) is 0 Å². The van der Waals surface area contributed by atoms with E-state index in [0.717, 1.165) is 25.2 Å². The average Bonchev–Trinajstić information content (AvgIpc) is 2.95. The first-order chi connectivity index (χ1) is 9.74. The average molecular weight is 267 g/mol. The van der Waals surface area contributed by atoms with Gasteiger partial charge in [-0.25, -0.2) is 0 Å². The van der Waals surface area contributed by atoms with Crippen LogP contribution in [-0.2, 0) is 19.3 Å². The summed E-state index contributed by atoms with van der Waals surface area (Å²) in [5.74, 6) is 0.762. The summed E-state index contributed by atoms with van der Waals surface area (Å²) < 4.78 is 0. The number of nitriles is 1. The van der Waals surface area contributed by atoms with Gasteiger partial charge in [-0.05, 0) is 61.1 Å². The fourth-order valence-corrected chi connectivity index (χ4v) is 4.26. The minimum atomic E-state index is -0.0915. The van der Waals surface area contributed by atoms with Gasteiger partial charge >= 0.3 is 0 Å². The number of aryl methyl sites for hydroxylation is 2. The van der Waals surface area contributed by atoms with Gasteiger partial charge in [0.2, 0.25) is 0 Å². The Bertz CT molecular complexity index is 525. The van der Waals surface area contributed by atoms with E-state index in [1.165, 1.54) is 49.7 Å². The Balaban J connectivity index is 1.79. The van der Waals surface area contributed by atoms with E-state index in [2.05, 4.69) is 31.2 Å². The van der Waals surface area contributed by atoms with Crippen molar-refractivity contribution in [2.75, 3.05) is 0 Å². The molecule has 1 saturated carbocycles. The lowest BCUT2D eigenvalue weighted by molar-refractivity contribution is 0.194. The van der Waals surface area contributed by atoms with Gasteiger partial charge in [0.05, 0.1) is 11.5 Å². The van der Waals surface area contributed by atoms with Crippen LogP contribution in [-0.4, -0.2) is 0 Å². The summed E-state index contributed by atoms with van der Waals surface area (Å²) in [6, 6.07) is 9.67. The summed E-state index contributed by atoms with van der Waals surface area (Å²) >= 11 is 0. The summed E-state index contributed by atoms with van der Waals surface area (Å²) in [5.41, 5.74) is 4.38. The summed E-state index contributed by atoms with van der Waals surface area (Å²) in [4.78, 5) is 0. The van der Waals surface area contributed by atoms with Crippen molar-refractivity contribution in [3.05, 3.63) is 34.9 Å². The third-order valence-electron chi connectivity index (χ3n) is 5.47. The predicted octanol–water partition coefficient (Wildman–Crippen LogP) is 4.83. The van der Waals surface area contributed by atoms with Gasteiger partial charge in [0.15, 0.2) is 0 Å². The third-order valence-corrected chi connectivity index (χ3v) is 5.47. The van der Waals surface area contributed by atoms with Crippen LogP contribution in [0.3, 0.4) is 0 Å². The molecule has 0 aliphatic heterocycles. The minimum absolute atomic E-state index is 0.0915. The van der Waals surface area contributed by atoms with Crippen LogP contribution in [0.15, 0.2) is 18.2 Å². The largest absolute Gasteiger partial charge is 0.198 e. The van der Waals surface area contributed by atoms with Gasteiger partial charge in [-0.15, -0.1) is 0 Å². The molecule has 0 spiro atoms. The lowest BCUT2D eigenvalue weighted by atomic mass is 9.67. The van der Waals surface area contributed by atoms with E-state index < -0.39 is 0 Å². The van der Waals surface area contributed by atoms with Gasteiger partial charge in [0.1, 0.15) is 0 Å². The van der Waals surface area contributed by atoms with Crippen LogP contribution in [0.2, 0.25) is 0 Å². The zero-order valence-corrected chi connectivity index (χ0v) is 12.6. The van der Waals surface area contributed by atoms with Crippen LogP contribution < -0.4 is 0 Å². The third kappa shape index (κ3) is 2.62. The van der Waals surface area contributed by atoms with Gasteiger partial charge in [-0.1, -0.05) is 44.4 Å². The van der Waals surface area contributed by atoms with E-state index in [4.69, 9.17) is 0 Å². The summed E-state index contributed by atoms with van der Waals surface area (Å²) in [7, 11) is 0. The summed E-state index contributed by atoms with van der Waals surface area (Å²) in [6.45, 7) is 2.27. The number of fused-ring (bicyclic) bond motifs is 1. The van der Waals surface area contributed by atoms with Crippen LogP contribution in [0.1, 0.15) is 62.1 Å². The van der Waals surface area contributed by atoms with Crippen molar-refractivity contribution in [2.45, 2.75) is 64.7 Å². The second-order valence-electron chi connectivity index (χ2n) is 6.90. The van der Waals surface area contributed by atoms with Gasteiger partial charge < -0.3 is 0 Å². The van der Waals surface area contributed by atoms with E-state index in [9.17, 15) is 5.26 Å². The molecule has 0 radical (unpaired) electrons. The highest BCUT2D eigenvalue weighted by molar-refractivity contribution is 5.36. The Morgan fingerprint density at radius 2 is 2.10 bits per heavy atom. The number of rotatable bonds is 3. The first kappa shape index (κ1) is 13.7. The minimum Gasteiger partial charge on any atom is -0.198 e. The van der Waals surface area contributed by atoms with Gasteiger partial charge in [-0.2, -0.15) is 5.26 Å². The lowest BCUT2D eigenvalue weighted by Crippen LogP contribution is -2.29. The molecule has 2 aliphatic rings. The Morgan fingerprint density at radius 3 is 2.90 bits per heavy atom. The van der Waals surface area contributed by atoms with Crippen molar-refractivity contribution >= 4 is 0 Å². The topological polar surface area (TPSA) is 23.8 Å². The summed E-state index contributed by atoms with van der Waals surface area (Å²) in [6.07, 6.45) is 10.7. The van der Waals surface area contributed by atoms with Crippen molar-refractivity contribution in [3.63, 3.8) is 0 Å². The molecule has 0 heterocycles. The normalized spacial score (nSPS) is 28.9. The van der Waals surface area contributed by atoms with E-state index in [0.29, 0.717) is 0 Å². The maximum absolute atomic E-state index is 9.76. The van der Waals surface area contributed by atoms with E-state index in [1.807, 2.05) is 0 Å². The highest BCUT2D eigenvalue weighted by Gasteiger charge is 2.36. The molecule has 1 heteroatoms. The summed E-state index contributed by atoms with van der Waals surface area (Å²) in [5, 5.41) is 9.76. The van der Waals surface area contributed by atoms with Crippen molar-refractivity contribution < 1.29 is 0 Å². The second-order valence-corrected chi connectivity index (χ2v) is 6.90. The standard InChI is InChI=1S/C19H25N/c1-2-15-5-4-10-19(12-15,14-20)13-16-8-9-17-6-3-7-18(17)11-16/h8-9,11,15H,2-7,10,12-13H2,1H3. The maximum atomic E-state index is 9.76. The van der Waals surface area contributed by atoms with Crippen molar-refractivity contribution in [1.82, 2.24) is 0 Å². The van der Waals surface area contributed by atoms with Gasteiger partial charge in [-0.3, -0.25) is 0 Å². The molecule has 0 amide bonds. The molecular formula is C19H25N. The predicted molar refractivity (Wildman–Crippen MR) is 82.5 cm³/mol. The molecule has 20 heavy (non-hydrogen) atoms. The zero-order valence-electron chi connectivity index (χ0n) is 12.6. The highest BCUT2D eigenvalue weighted by Crippen LogP contribution is 2.43. The van der Waals surface area contributed by atoms with Gasteiger partial charge in [0.25, 0.3) is 0 Å². The Morgan fingerprint density at radius 1 is 1.25 bits per heavy atom. The Labute approximate surface area is 123 Å². The smallest absolute Gasteiger partial charge is 0.0693 e. The van der Waals surface area contributed by atoms with Crippen LogP contribution >= 0.6 is 0 Å². The molecule has 2 unspecified atom stereocenters. The van der Waals surface area contributed by atoms with Gasteiger partial charge in [0, 0.05) is 0 Å². The molecule has 2 aliphatic carbocycles. The van der Waals surface area contributed by atoms with Crippen molar-refractivity contribution in [1.29, 1.82) is 5.26 Å². The molecule has 1 nitrogen and oxygen atoms in total. The molecule has 0 saturated heterocycles. The second kappa shape index (κ2) is 5.60. The van der Waals surface area contributed by atoms with E-state index >= 15 is 0 Å². The lowest BCUT2D eigenvalue weighted by Gasteiger charge is -2.35. The maximum Gasteiger partial charge on any atom is 0.0693 e. The molecule has 0 aromatic heterocycles. The van der Waals surface area contributed by atoms with Crippen LogP contribution in [0.5, 0.6) is 0 Å². The quantitative estimate of drug-likeness (QED) is 0.769. The molecule has 1 fully saturated rings. The molecule has 1 aromatic rings. The van der Waals surface area contributed by atoms with Crippen molar-refractivity contribution in [2.24, 2.45) is 11.3 Å². The molecule has 3 rings (SSSR count). The molecule has 106 valence electrons. The van der Waals surface area contributed by atoms with Crippen LogP contribution in [0.4, 0.5) is 0 Å². The molecular weight excluding hydrogens is 242 g/mol. The van der Waals surface area contributed by atoms with E-state index in [-0.39, 0.29) is 5.41 Å². The fourth-order valence-electron chi connectivity index (χ4n) is 4.26.